The van der Waals surface area contributed by atoms with Crippen LogP contribution in [0.1, 0.15) is 21.6 Å². The molecule has 0 radical (unpaired) electrons. The van der Waals surface area contributed by atoms with Crippen molar-refractivity contribution in [1.82, 2.24) is 14.7 Å². The van der Waals surface area contributed by atoms with Crippen LogP contribution in [-0.4, -0.2) is 46.4 Å². The molecule has 1 aromatic heterocycles. The fraction of sp³-hybridized carbons (Fsp3) is 0.412. The molecule has 1 aliphatic rings. The topological polar surface area (TPSA) is 47.4 Å². The second kappa shape index (κ2) is 6.87. The van der Waals surface area contributed by atoms with Gasteiger partial charge in [0.05, 0.1) is 18.3 Å². The normalized spacial score (nSPS) is 18.4. The van der Waals surface area contributed by atoms with Crippen molar-refractivity contribution in [3.8, 4) is 0 Å². The molecule has 1 amide bonds. The molecule has 2 heterocycles. The van der Waals surface area contributed by atoms with E-state index in [1.807, 2.05) is 0 Å². The van der Waals surface area contributed by atoms with Crippen LogP contribution in [0.4, 0.5) is 13.2 Å². The summed E-state index contributed by atoms with van der Waals surface area (Å²) in [5.74, 6) is -0.155. The first-order valence-electron chi connectivity index (χ1n) is 7.89. The maximum atomic E-state index is 12.8. The minimum Gasteiger partial charge on any atom is -0.374 e. The molecule has 1 aliphatic heterocycles. The maximum Gasteiger partial charge on any atom is 0.416 e. The van der Waals surface area contributed by atoms with Crippen LogP contribution in [0.5, 0.6) is 0 Å². The zero-order chi connectivity index (χ0) is 18.0. The van der Waals surface area contributed by atoms with Gasteiger partial charge < -0.3 is 9.64 Å². The zero-order valence-corrected chi connectivity index (χ0v) is 13.7. The van der Waals surface area contributed by atoms with Crippen molar-refractivity contribution >= 4 is 5.91 Å². The van der Waals surface area contributed by atoms with Gasteiger partial charge in [0, 0.05) is 32.8 Å². The van der Waals surface area contributed by atoms with E-state index in [1.54, 1.807) is 30.3 Å². The van der Waals surface area contributed by atoms with E-state index in [0.717, 1.165) is 12.1 Å². The van der Waals surface area contributed by atoms with Crippen LogP contribution in [0.3, 0.4) is 0 Å². The molecule has 0 aliphatic carbocycles. The van der Waals surface area contributed by atoms with Crippen LogP contribution in [-0.2, 0) is 24.4 Å². The van der Waals surface area contributed by atoms with E-state index in [0.29, 0.717) is 37.4 Å². The quantitative estimate of drug-likeness (QED) is 0.852. The molecular formula is C17H18F3N3O2. The van der Waals surface area contributed by atoms with E-state index in [-0.39, 0.29) is 12.0 Å². The smallest absolute Gasteiger partial charge is 0.374 e. The summed E-state index contributed by atoms with van der Waals surface area (Å²) in [6.07, 6.45) is -2.84. The second-order valence-corrected chi connectivity index (χ2v) is 5.99. The number of rotatable bonds is 3. The highest BCUT2D eigenvalue weighted by Crippen LogP contribution is 2.30. The zero-order valence-electron chi connectivity index (χ0n) is 13.7. The minimum atomic E-state index is -4.37. The Kier molecular flexibility index (Phi) is 4.80. The molecule has 0 N–H and O–H groups in total. The average molecular weight is 353 g/mol. The minimum absolute atomic E-state index is 0.155. The summed E-state index contributed by atoms with van der Waals surface area (Å²) < 4.78 is 45.6. The summed E-state index contributed by atoms with van der Waals surface area (Å²) in [6.45, 7) is 1.14. The lowest BCUT2D eigenvalue weighted by molar-refractivity contribution is -0.137. The molecule has 1 unspecified atom stereocenters. The van der Waals surface area contributed by atoms with E-state index < -0.39 is 11.7 Å². The fourth-order valence-corrected chi connectivity index (χ4v) is 2.91. The SMILES string of the molecule is Cn1nccc1C(=O)N1CCOC(Cc2cccc(C(F)(F)F)c2)C1. The number of carbonyl (C=O) groups excluding carboxylic acids is 1. The Morgan fingerprint density at radius 1 is 1.36 bits per heavy atom. The maximum absolute atomic E-state index is 12.8. The molecule has 0 bridgehead atoms. The van der Waals surface area contributed by atoms with Gasteiger partial charge in [-0.2, -0.15) is 18.3 Å². The first kappa shape index (κ1) is 17.5. The van der Waals surface area contributed by atoms with E-state index >= 15 is 0 Å². The third-order valence-electron chi connectivity index (χ3n) is 4.18. The number of hydrogen-bond acceptors (Lipinski definition) is 3. The van der Waals surface area contributed by atoms with Gasteiger partial charge in [-0.15, -0.1) is 0 Å². The molecule has 3 rings (SSSR count). The second-order valence-electron chi connectivity index (χ2n) is 5.99. The van der Waals surface area contributed by atoms with Crippen molar-refractivity contribution in [2.24, 2.45) is 7.05 Å². The lowest BCUT2D eigenvalue weighted by Gasteiger charge is -2.33. The molecule has 5 nitrogen and oxygen atoms in total. The monoisotopic (exact) mass is 353 g/mol. The van der Waals surface area contributed by atoms with Crippen molar-refractivity contribution in [2.75, 3.05) is 19.7 Å². The van der Waals surface area contributed by atoms with Gasteiger partial charge in [0.2, 0.25) is 0 Å². The summed E-state index contributed by atoms with van der Waals surface area (Å²) in [6, 6.07) is 6.84. The van der Waals surface area contributed by atoms with E-state index in [4.69, 9.17) is 4.74 Å². The standard InChI is InChI=1S/C17H18F3N3O2/c1-22-15(5-6-21-22)16(24)23-7-8-25-14(11-23)10-12-3-2-4-13(9-12)17(18,19)20/h2-6,9,14H,7-8,10-11H2,1H3. The lowest BCUT2D eigenvalue weighted by atomic mass is 10.0. The predicted molar refractivity (Wildman–Crippen MR) is 84.0 cm³/mol. The first-order valence-corrected chi connectivity index (χ1v) is 7.89. The number of halogens is 3. The van der Waals surface area contributed by atoms with Crippen LogP contribution >= 0.6 is 0 Å². The van der Waals surface area contributed by atoms with Crippen molar-refractivity contribution in [3.63, 3.8) is 0 Å². The molecule has 0 saturated carbocycles. The highest BCUT2D eigenvalue weighted by Gasteiger charge is 2.31. The van der Waals surface area contributed by atoms with Crippen molar-refractivity contribution in [2.45, 2.75) is 18.7 Å². The summed E-state index contributed by atoms with van der Waals surface area (Å²) >= 11 is 0. The third kappa shape index (κ3) is 4.01. The fourth-order valence-electron chi connectivity index (χ4n) is 2.91. The van der Waals surface area contributed by atoms with Crippen LogP contribution < -0.4 is 0 Å². The van der Waals surface area contributed by atoms with Gasteiger partial charge in [-0.05, 0) is 17.7 Å². The molecule has 1 fully saturated rings. The molecule has 0 spiro atoms. The molecule has 1 saturated heterocycles. The molecule has 25 heavy (non-hydrogen) atoms. The molecular weight excluding hydrogens is 335 g/mol. The Bertz CT molecular complexity index is 758. The van der Waals surface area contributed by atoms with Crippen LogP contribution in [0.2, 0.25) is 0 Å². The van der Waals surface area contributed by atoms with Gasteiger partial charge >= 0.3 is 6.18 Å². The lowest BCUT2D eigenvalue weighted by Crippen LogP contribution is -2.46. The molecule has 2 aromatic rings. The number of aryl methyl sites for hydroxylation is 1. The number of hydrogen-bond donors (Lipinski definition) is 0. The van der Waals surface area contributed by atoms with Gasteiger partial charge in [-0.1, -0.05) is 18.2 Å². The van der Waals surface area contributed by atoms with Gasteiger partial charge in [0.1, 0.15) is 5.69 Å². The third-order valence-corrected chi connectivity index (χ3v) is 4.18. The number of benzene rings is 1. The van der Waals surface area contributed by atoms with E-state index in [1.165, 1.54) is 10.7 Å². The number of carbonyl (C=O) groups is 1. The van der Waals surface area contributed by atoms with Gasteiger partial charge in [0.25, 0.3) is 5.91 Å². The van der Waals surface area contributed by atoms with Crippen LogP contribution in [0, 0.1) is 0 Å². The van der Waals surface area contributed by atoms with Gasteiger partial charge in [0.15, 0.2) is 0 Å². The van der Waals surface area contributed by atoms with Crippen molar-refractivity contribution in [1.29, 1.82) is 0 Å². The number of morpholine rings is 1. The van der Waals surface area contributed by atoms with E-state index in [2.05, 4.69) is 5.10 Å². The number of nitrogens with zero attached hydrogens (tertiary/aromatic N) is 3. The number of alkyl halides is 3. The summed E-state index contributed by atoms with van der Waals surface area (Å²) in [5, 5.41) is 3.98. The van der Waals surface area contributed by atoms with Crippen molar-refractivity contribution in [3.05, 3.63) is 53.3 Å². The Morgan fingerprint density at radius 3 is 2.84 bits per heavy atom. The largest absolute Gasteiger partial charge is 0.416 e. The summed E-state index contributed by atoms with van der Waals surface area (Å²) in [7, 11) is 1.69. The first-order chi connectivity index (χ1) is 11.8. The summed E-state index contributed by atoms with van der Waals surface area (Å²) in [5.41, 5.74) is 0.331. The number of amides is 1. The van der Waals surface area contributed by atoms with E-state index in [9.17, 15) is 18.0 Å². The highest BCUT2D eigenvalue weighted by atomic mass is 19.4. The predicted octanol–water partition coefficient (Wildman–Crippen LogP) is 2.52. The summed E-state index contributed by atoms with van der Waals surface area (Å²) in [4.78, 5) is 14.2. The molecule has 134 valence electrons. The van der Waals surface area contributed by atoms with Gasteiger partial charge in [-0.25, -0.2) is 0 Å². The van der Waals surface area contributed by atoms with Crippen molar-refractivity contribution < 1.29 is 22.7 Å². The van der Waals surface area contributed by atoms with Gasteiger partial charge in [-0.3, -0.25) is 9.48 Å². The Labute approximate surface area is 143 Å². The Hall–Kier alpha value is -2.35. The Morgan fingerprint density at radius 2 is 2.16 bits per heavy atom. The average Bonchev–Trinajstić information content (AvgIpc) is 3.00. The highest BCUT2D eigenvalue weighted by molar-refractivity contribution is 5.92. The molecule has 8 heteroatoms. The molecule has 1 atom stereocenters. The number of aromatic nitrogens is 2. The van der Waals surface area contributed by atoms with Crippen LogP contribution in [0.15, 0.2) is 36.5 Å². The molecule has 1 aromatic carbocycles. The van der Waals surface area contributed by atoms with Crippen LogP contribution in [0.25, 0.3) is 0 Å². The number of ether oxygens (including phenoxy) is 1. The Balaban J connectivity index is 1.68.